The van der Waals surface area contributed by atoms with Crippen molar-refractivity contribution in [2.24, 2.45) is 5.41 Å². The number of nitrogens with zero attached hydrogens (tertiary/aromatic N) is 3. The Morgan fingerprint density at radius 1 is 1.42 bits per heavy atom. The van der Waals surface area contributed by atoms with Crippen LogP contribution in [0.3, 0.4) is 0 Å². The van der Waals surface area contributed by atoms with Gasteiger partial charge in [0.2, 0.25) is 11.1 Å². The number of hydrogen-bond donors (Lipinski definition) is 2. The van der Waals surface area contributed by atoms with Crippen molar-refractivity contribution in [3.05, 3.63) is 5.82 Å². The minimum absolute atomic E-state index is 0.106. The van der Waals surface area contributed by atoms with Crippen molar-refractivity contribution in [1.29, 1.82) is 0 Å². The highest BCUT2D eigenvalue weighted by Gasteiger charge is 2.55. The fraction of sp³-hybridized carbons (Fsp3) is 0.824. The predicted molar refractivity (Wildman–Crippen MR) is 96.0 cm³/mol. The van der Waals surface area contributed by atoms with E-state index in [0.717, 1.165) is 12.2 Å². The van der Waals surface area contributed by atoms with E-state index in [0.29, 0.717) is 22.4 Å². The fourth-order valence-electron chi connectivity index (χ4n) is 3.66. The van der Waals surface area contributed by atoms with Crippen LogP contribution < -0.4 is 5.32 Å². The van der Waals surface area contributed by atoms with Gasteiger partial charge in [-0.3, -0.25) is 9.89 Å². The van der Waals surface area contributed by atoms with E-state index in [2.05, 4.69) is 32.3 Å². The number of hydrogen-bond acceptors (Lipinski definition) is 5. The van der Waals surface area contributed by atoms with E-state index in [9.17, 15) is 4.79 Å². The lowest BCUT2D eigenvalue weighted by Crippen LogP contribution is -2.39. The molecule has 2 N–H and O–H groups in total. The highest BCUT2D eigenvalue weighted by Crippen LogP contribution is 2.53. The molecule has 1 amide bonds. The van der Waals surface area contributed by atoms with Crippen molar-refractivity contribution < 1.29 is 4.79 Å². The average molecular weight is 352 g/mol. The summed E-state index contributed by atoms with van der Waals surface area (Å²) >= 11 is 1.39. The van der Waals surface area contributed by atoms with Crippen molar-refractivity contribution in [3.63, 3.8) is 0 Å². The summed E-state index contributed by atoms with van der Waals surface area (Å²) in [5.41, 5.74) is 0.392. The Balaban J connectivity index is 1.34. The summed E-state index contributed by atoms with van der Waals surface area (Å²) < 4.78 is 0. The van der Waals surface area contributed by atoms with Gasteiger partial charge in [-0.1, -0.05) is 31.5 Å². The summed E-state index contributed by atoms with van der Waals surface area (Å²) in [5, 5.41) is 10.7. The molecule has 134 valence electrons. The summed E-state index contributed by atoms with van der Waals surface area (Å²) in [6.45, 7) is 7.75. The molecule has 1 unspecified atom stereocenters. The van der Waals surface area contributed by atoms with Gasteiger partial charge >= 0.3 is 0 Å². The van der Waals surface area contributed by atoms with E-state index in [-0.39, 0.29) is 5.91 Å². The molecule has 1 aliphatic heterocycles. The first-order chi connectivity index (χ1) is 11.6. The average Bonchev–Trinajstić information content (AvgIpc) is 3.03. The van der Waals surface area contributed by atoms with Crippen LogP contribution in [0.2, 0.25) is 0 Å². The van der Waals surface area contributed by atoms with E-state index < -0.39 is 0 Å². The lowest BCUT2D eigenvalue weighted by Gasteiger charge is -2.32. The van der Waals surface area contributed by atoms with Gasteiger partial charge in [-0.25, -0.2) is 4.98 Å². The number of carbonyl (C=O) groups excluding carboxylic acids is 1. The zero-order valence-corrected chi connectivity index (χ0v) is 15.6. The largest absolute Gasteiger partial charge is 0.352 e. The van der Waals surface area contributed by atoms with Crippen LogP contribution >= 0.6 is 11.8 Å². The number of aromatic amines is 1. The van der Waals surface area contributed by atoms with E-state index in [1.807, 2.05) is 6.92 Å². The number of amides is 1. The number of aromatic nitrogens is 3. The number of H-pyrrole nitrogens is 1. The molecule has 1 spiro atoms. The summed E-state index contributed by atoms with van der Waals surface area (Å²) in [6.07, 6.45) is 7.57. The number of likely N-dealkylation sites (tertiary alicyclic amines) is 1. The van der Waals surface area contributed by atoms with E-state index in [4.69, 9.17) is 0 Å². The second-order valence-electron chi connectivity index (χ2n) is 7.23. The number of piperidine rings is 1. The van der Waals surface area contributed by atoms with Crippen LogP contribution in [0.15, 0.2) is 5.16 Å². The molecule has 2 aliphatic rings. The molecule has 0 bridgehead atoms. The number of unbranched alkanes of at least 4 members (excludes halogenated alkanes) is 2. The van der Waals surface area contributed by atoms with E-state index in [1.54, 1.807) is 0 Å². The smallest absolute Gasteiger partial charge is 0.230 e. The second-order valence-corrected chi connectivity index (χ2v) is 8.17. The van der Waals surface area contributed by atoms with Gasteiger partial charge in [0.15, 0.2) is 0 Å². The molecule has 0 radical (unpaired) electrons. The summed E-state index contributed by atoms with van der Waals surface area (Å²) in [6, 6.07) is 0.386. The molecule has 6 nitrogen and oxygen atoms in total. The number of carbonyl (C=O) groups is 1. The second kappa shape index (κ2) is 7.87. The quantitative estimate of drug-likeness (QED) is 0.556. The van der Waals surface area contributed by atoms with Gasteiger partial charge in [0.1, 0.15) is 5.82 Å². The molecular weight excluding hydrogens is 322 g/mol. The van der Waals surface area contributed by atoms with Gasteiger partial charge in [-0.15, -0.1) is 5.10 Å². The molecular formula is C17H29N5OS. The third-order valence-electron chi connectivity index (χ3n) is 5.36. The van der Waals surface area contributed by atoms with Crippen LogP contribution in [-0.4, -0.2) is 57.4 Å². The Hall–Kier alpha value is -1.08. The van der Waals surface area contributed by atoms with Gasteiger partial charge in [0.05, 0.1) is 5.75 Å². The molecule has 3 rings (SSSR count). The normalized spacial score (nSPS) is 22.7. The van der Waals surface area contributed by atoms with Crippen molar-refractivity contribution in [2.75, 3.05) is 25.4 Å². The van der Waals surface area contributed by atoms with Crippen molar-refractivity contribution >= 4 is 17.7 Å². The lowest BCUT2D eigenvalue weighted by atomic mass is 9.92. The Morgan fingerprint density at radius 2 is 2.21 bits per heavy atom. The zero-order chi connectivity index (χ0) is 17.0. The van der Waals surface area contributed by atoms with Crippen molar-refractivity contribution in [3.8, 4) is 0 Å². The molecule has 7 heteroatoms. The monoisotopic (exact) mass is 351 g/mol. The Bertz CT molecular complexity index is 553. The molecule has 1 saturated heterocycles. The maximum Gasteiger partial charge on any atom is 0.230 e. The van der Waals surface area contributed by atoms with Crippen LogP contribution in [0, 0.1) is 12.3 Å². The first-order valence-corrected chi connectivity index (χ1v) is 10.1. The first-order valence-electron chi connectivity index (χ1n) is 9.15. The molecule has 1 saturated carbocycles. The summed E-state index contributed by atoms with van der Waals surface area (Å²) in [7, 11) is 0. The summed E-state index contributed by atoms with van der Waals surface area (Å²) in [4.78, 5) is 18.9. The molecule has 2 heterocycles. The van der Waals surface area contributed by atoms with Gasteiger partial charge in [0, 0.05) is 6.04 Å². The first kappa shape index (κ1) is 17.7. The summed E-state index contributed by atoms with van der Waals surface area (Å²) in [5.74, 6) is 1.28. The molecule has 2 fully saturated rings. The molecule has 24 heavy (non-hydrogen) atoms. The van der Waals surface area contributed by atoms with Crippen LogP contribution in [-0.2, 0) is 4.79 Å². The standard InChI is InChI=1S/C17H29N5OS/c1-3-4-5-8-22-9-6-17(7-10-22)11-14(17)19-15(23)12-24-16-18-13(2)20-21-16/h14H,3-12H2,1-2H3,(H,19,23)(H,18,20,21). The SMILES string of the molecule is CCCCCN1CCC2(CC1)CC2NC(=O)CSc1n[nH]c(C)n1. The Kier molecular flexibility index (Phi) is 5.81. The number of thioether (sulfide) groups is 1. The van der Waals surface area contributed by atoms with Gasteiger partial charge in [-0.05, 0) is 57.7 Å². The third kappa shape index (κ3) is 4.51. The Labute approximate surface area is 148 Å². The van der Waals surface area contributed by atoms with Gasteiger partial charge in [-0.2, -0.15) is 0 Å². The maximum atomic E-state index is 12.1. The van der Waals surface area contributed by atoms with Gasteiger partial charge < -0.3 is 10.2 Å². The zero-order valence-electron chi connectivity index (χ0n) is 14.8. The number of rotatable bonds is 8. The minimum Gasteiger partial charge on any atom is -0.352 e. The predicted octanol–water partition coefficient (Wildman–Crippen LogP) is 2.37. The fourth-order valence-corrected chi connectivity index (χ4v) is 4.32. The lowest BCUT2D eigenvalue weighted by molar-refractivity contribution is -0.118. The molecule has 1 atom stereocenters. The van der Waals surface area contributed by atoms with E-state index >= 15 is 0 Å². The molecule has 1 aliphatic carbocycles. The van der Waals surface area contributed by atoms with Crippen LogP contribution in [0.25, 0.3) is 0 Å². The van der Waals surface area contributed by atoms with Crippen molar-refractivity contribution in [1.82, 2.24) is 25.4 Å². The van der Waals surface area contributed by atoms with Crippen molar-refractivity contribution in [2.45, 2.75) is 63.6 Å². The van der Waals surface area contributed by atoms with E-state index in [1.165, 1.54) is 63.5 Å². The maximum absolute atomic E-state index is 12.1. The highest BCUT2D eigenvalue weighted by molar-refractivity contribution is 7.99. The highest BCUT2D eigenvalue weighted by atomic mass is 32.2. The minimum atomic E-state index is 0.106. The number of aryl methyl sites for hydroxylation is 1. The number of nitrogens with one attached hydrogen (secondary N) is 2. The molecule has 1 aromatic rings. The van der Waals surface area contributed by atoms with Gasteiger partial charge in [0.25, 0.3) is 0 Å². The third-order valence-corrected chi connectivity index (χ3v) is 6.21. The molecule has 1 aromatic heterocycles. The van der Waals surface area contributed by atoms with Crippen LogP contribution in [0.4, 0.5) is 0 Å². The Morgan fingerprint density at radius 3 is 2.88 bits per heavy atom. The topological polar surface area (TPSA) is 73.9 Å². The van der Waals surface area contributed by atoms with Crippen LogP contribution in [0.1, 0.15) is 51.3 Å². The molecule has 0 aromatic carbocycles. The van der Waals surface area contributed by atoms with Crippen LogP contribution in [0.5, 0.6) is 0 Å².